The number of amides is 3. The van der Waals surface area contributed by atoms with Gasteiger partial charge in [-0.3, -0.25) is 15.0 Å². The lowest BCUT2D eigenvalue weighted by Crippen LogP contribution is -2.50. The lowest BCUT2D eigenvalue weighted by Gasteiger charge is -2.31. The van der Waals surface area contributed by atoms with Gasteiger partial charge < -0.3 is 10.6 Å². The first kappa shape index (κ1) is 14.9. The van der Waals surface area contributed by atoms with E-state index < -0.39 is 6.03 Å². The molecule has 6 heteroatoms. The summed E-state index contributed by atoms with van der Waals surface area (Å²) >= 11 is 0. The Balaban J connectivity index is 2.28. The van der Waals surface area contributed by atoms with E-state index in [9.17, 15) is 9.59 Å². The Hall–Kier alpha value is -1.14. The van der Waals surface area contributed by atoms with Crippen molar-refractivity contribution in [1.29, 1.82) is 0 Å². The number of hydrogen-bond acceptors (Lipinski definition) is 4. The Morgan fingerprint density at radius 3 is 2.72 bits per heavy atom. The van der Waals surface area contributed by atoms with Gasteiger partial charge in [0.1, 0.15) is 0 Å². The van der Waals surface area contributed by atoms with Crippen LogP contribution in [0.25, 0.3) is 0 Å². The number of imide groups is 1. The van der Waals surface area contributed by atoms with E-state index in [0.29, 0.717) is 6.04 Å². The van der Waals surface area contributed by atoms with Gasteiger partial charge in [0.15, 0.2) is 0 Å². The molecule has 6 nitrogen and oxygen atoms in total. The molecule has 0 aliphatic carbocycles. The van der Waals surface area contributed by atoms with E-state index in [1.54, 1.807) is 0 Å². The second-order valence-corrected chi connectivity index (χ2v) is 5.09. The summed E-state index contributed by atoms with van der Waals surface area (Å²) in [4.78, 5) is 25.0. The average molecular weight is 256 g/mol. The van der Waals surface area contributed by atoms with Gasteiger partial charge in [-0.2, -0.15) is 0 Å². The molecule has 1 rings (SSSR count). The minimum Gasteiger partial charge on any atom is -0.336 e. The standard InChI is InChI=1S/C12H24N4O2/c1-9(2)14-12(18)15-11(17)8-16(3)10-5-4-6-13-7-10/h9-10,13H,4-8H2,1-3H3,(H2,14,15,17,18). The van der Waals surface area contributed by atoms with E-state index in [1.165, 1.54) is 0 Å². The molecule has 3 N–H and O–H groups in total. The van der Waals surface area contributed by atoms with Crippen molar-refractivity contribution in [2.24, 2.45) is 0 Å². The Kier molecular flexibility index (Phi) is 6.07. The molecule has 1 fully saturated rings. The second-order valence-electron chi connectivity index (χ2n) is 5.09. The van der Waals surface area contributed by atoms with Crippen LogP contribution in [0.15, 0.2) is 0 Å². The molecule has 0 bridgehead atoms. The first-order chi connectivity index (χ1) is 8.49. The Morgan fingerprint density at radius 1 is 1.44 bits per heavy atom. The molecule has 0 aromatic rings. The molecule has 0 radical (unpaired) electrons. The molecule has 3 amide bonds. The molecular weight excluding hydrogens is 232 g/mol. The van der Waals surface area contributed by atoms with Crippen molar-refractivity contribution in [2.75, 3.05) is 26.7 Å². The van der Waals surface area contributed by atoms with Crippen LogP contribution in [-0.2, 0) is 4.79 Å². The number of likely N-dealkylation sites (N-methyl/N-ethyl adjacent to an activating group) is 1. The predicted molar refractivity (Wildman–Crippen MR) is 70.3 cm³/mol. The maximum Gasteiger partial charge on any atom is 0.321 e. The highest BCUT2D eigenvalue weighted by atomic mass is 16.2. The highest BCUT2D eigenvalue weighted by molar-refractivity contribution is 5.95. The number of nitrogens with one attached hydrogen (secondary N) is 3. The fourth-order valence-electron chi connectivity index (χ4n) is 2.03. The van der Waals surface area contributed by atoms with Gasteiger partial charge >= 0.3 is 6.03 Å². The number of carbonyl (C=O) groups excluding carboxylic acids is 2. The van der Waals surface area contributed by atoms with Gasteiger partial charge in [-0.1, -0.05) is 0 Å². The summed E-state index contributed by atoms with van der Waals surface area (Å²) in [5.74, 6) is -0.263. The first-order valence-corrected chi connectivity index (χ1v) is 6.50. The molecule has 1 heterocycles. The molecule has 0 aromatic heterocycles. The quantitative estimate of drug-likeness (QED) is 0.657. The van der Waals surface area contributed by atoms with Crippen molar-refractivity contribution in [1.82, 2.24) is 20.9 Å². The number of rotatable bonds is 4. The van der Waals surface area contributed by atoms with Crippen molar-refractivity contribution < 1.29 is 9.59 Å². The van der Waals surface area contributed by atoms with Crippen molar-refractivity contribution in [3.05, 3.63) is 0 Å². The van der Waals surface area contributed by atoms with Crippen LogP contribution in [0.3, 0.4) is 0 Å². The van der Waals surface area contributed by atoms with Gasteiger partial charge in [-0.15, -0.1) is 0 Å². The molecule has 1 aliphatic heterocycles. The SMILES string of the molecule is CC(C)NC(=O)NC(=O)CN(C)C1CCCNC1. The second kappa shape index (κ2) is 7.33. The zero-order valence-electron chi connectivity index (χ0n) is 11.5. The fraction of sp³-hybridized carbons (Fsp3) is 0.833. The maximum absolute atomic E-state index is 11.7. The lowest BCUT2D eigenvalue weighted by atomic mass is 10.1. The molecule has 18 heavy (non-hydrogen) atoms. The summed E-state index contributed by atoms with van der Waals surface area (Å²) in [6, 6.07) is -0.0269. The highest BCUT2D eigenvalue weighted by Crippen LogP contribution is 2.07. The van der Waals surface area contributed by atoms with Crippen LogP contribution in [0.2, 0.25) is 0 Å². The summed E-state index contributed by atoms with van der Waals surface area (Å²) < 4.78 is 0. The van der Waals surface area contributed by atoms with Crippen LogP contribution in [0.4, 0.5) is 4.79 Å². The topological polar surface area (TPSA) is 73.5 Å². The van der Waals surface area contributed by atoms with Crippen LogP contribution in [0.5, 0.6) is 0 Å². The van der Waals surface area contributed by atoms with E-state index >= 15 is 0 Å². The minimum atomic E-state index is -0.426. The number of nitrogens with zero attached hydrogens (tertiary/aromatic N) is 1. The lowest BCUT2D eigenvalue weighted by molar-refractivity contribution is -0.121. The Bertz CT molecular complexity index is 288. The zero-order valence-corrected chi connectivity index (χ0v) is 11.5. The Morgan fingerprint density at radius 2 is 2.17 bits per heavy atom. The summed E-state index contributed by atoms with van der Waals surface area (Å²) in [6.07, 6.45) is 2.22. The summed E-state index contributed by atoms with van der Waals surface area (Å²) in [7, 11) is 1.91. The van der Waals surface area contributed by atoms with Crippen molar-refractivity contribution in [3.63, 3.8) is 0 Å². The van der Waals surface area contributed by atoms with E-state index in [2.05, 4.69) is 16.0 Å². The van der Waals surface area contributed by atoms with E-state index in [4.69, 9.17) is 0 Å². The Labute approximate surface area is 108 Å². The third-order valence-corrected chi connectivity index (χ3v) is 2.96. The largest absolute Gasteiger partial charge is 0.336 e. The fourth-order valence-corrected chi connectivity index (χ4v) is 2.03. The van der Waals surface area contributed by atoms with E-state index in [1.807, 2.05) is 25.8 Å². The molecule has 1 saturated heterocycles. The molecular formula is C12H24N4O2. The van der Waals surface area contributed by atoms with Crippen molar-refractivity contribution in [3.8, 4) is 0 Å². The van der Waals surface area contributed by atoms with Crippen LogP contribution in [0.1, 0.15) is 26.7 Å². The summed E-state index contributed by atoms with van der Waals surface area (Å²) in [5.41, 5.74) is 0. The van der Waals surface area contributed by atoms with Crippen molar-refractivity contribution in [2.45, 2.75) is 38.8 Å². The molecule has 1 atom stereocenters. The molecule has 1 unspecified atom stereocenters. The third-order valence-electron chi connectivity index (χ3n) is 2.96. The number of carbonyl (C=O) groups is 2. The van der Waals surface area contributed by atoms with Gasteiger partial charge in [0, 0.05) is 18.6 Å². The third kappa shape index (κ3) is 5.46. The average Bonchev–Trinajstić information content (AvgIpc) is 2.28. The molecule has 0 spiro atoms. The van der Waals surface area contributed by atoms with Gasteiger partial charge in [-0.25, -0.2) is 4.79 Å². The number of urea groups is 1. The first-order valence-electron chi connectivity index (χ1n) is 6.50. The van der Waals surface area contributed by atoms with Crippen LogP contribution in [0, 0.1) is 0 Å². The van der Waals surface area contributed by atoms with E-state index in [0.717, 1.165) is 25.9 Å². The monoisotopic (exact) mass is 256 g/mol. The van der Waals surface area contributed by atoms with Gasteiger partial charge in [-0.05, 0) is 40.3 Å². The number of hydrogen-bond donors (Lipinski definition) is 3. The molecule has 104 valence electrons. The smallest absolute Gasteiger partial charge is 0.321 e. The van der Waals surface area contributed by atoms with Gasteiger partial charge in [0.25, 0.3) is 0 Å². The highest BCUT2D eigenvalue weighted by Gasteiger charge is 2.20. The van der Waals surface area contributed by atoms with Crippen LogP contribution >= 0.6 is 0 Å². The number of piperidine rings is 1. The van der Waals surface area contributed by atoms with Crippen LogP contribution < -0.4 is 16.0 Å². The normalized spacial score (nSPS) is 19.9. The van der Waals surface area contributed by atoms with Crippen molar-refractivity contribution >= 4 is 11.9 Å². The van der Waals surface area contributed by atoms with E-state index in [-0.39, 0.29) is 18.5 Å². The summed E-state index contributed by atoms with van der Waals surface area (Å²) in [5, 5.41) is 8.26. The minimum absolute atomic E-state index is 0.0260. The van der Waals surface area contributed by atoms with Gasteiger partial charge in [0.05, 0.1) is 6.54 Å². The predicted octanol–water partition coefficient (Wildman–Crippen LogP) is -0.0956. The van der Waals surface area contributed by atoms with Gasteiger partial charge in [0.2, 0.25) is 5.91 Å². The molecule has 0 saturated carbocycles. The van der Waals surface area contributed by atoms with Crippen LogP contribution in [-0.4, -0.2) is 55.6 Å². The maximum atomic E-state index is 11.7. The zero-order chi connectivity index (χ0) is 13.5. The molecule has 1 aliphatic rings. The molecule has 0 aromatic carbocycles. The summed E-state index contributed by atoms with van der Waals surface area (Å²) in [6.45, 7) is 5.90.